The summed E-state index contributed by atoms with van der Waals surface area (Å²) in [6.45, 7) is 7.47. The molecule has 0 radical (unpaired) electrons. The Bertz CT molecular complexity index is 629. The van der Waals surface area contributed by atoms with Crippen LogP contribution >= 0.6 is 0 Å². The zero-order valence-electron chi connectivity index (χ0n) is 15.9. The summed E-state index contributed by atoms with van der Waals surface area (Å²) in [6, 6.07) is 9.13. The molecule has 1 aliphatic heterocycles. The van der Waals surface area contributed by atoms with Crippen LogP contribution < -0.4 is 0 Å². The SMILES string of the molecule is CC(C)(C)OC(=O)N1CCN(C(=O)CCCC(=O)c2ccccc2)CC1. The van der Waals surface area contributed by atoms with Gasteiger partial charge in [0.15, 0.2) is 5.78 Å². The van der Waals surface area contributed by atoms with E-state index in [-0.39, 0.29) is 17.8 Å². The van der Waals surface area contributed by atoms with Crippen LogP contribution in [0.5, 0.6) is 0 Å². The zero-order valence-corrected chi connectivity index (χ0v) is 15.9. The van der Waals surface area contributed by atoms with Crippen LogP contribution in [0.2, 0.25) is 0 Å². The Hall–Kier alpha value is -2.37. The molecule has 1 aromatic carbocycles. The number of ether oxygens (including phenoxy) is 1. The third-order valence-electron chi connectivity index (χ3n) is 4.17. The summed E-state index contributed by atoms with van der Waals surface area (Å²) in [7, 11) is 0. The van der Waals surface area contributed by atoms with Crippen LogP contribution in [0.4, 0.5) is 4.79 Å². The van der Waals surface area contributed by atoms with Gasteiger partial charge in [-0.05, 0) is 27.2 Å². The van der Waals surface area contributed by atoms with Gasteiger partial charge in [-0.3, -0.25) is 9.59 Å². The van der Waals surface area contributed by atoms with Crippen LogP contribution in [-0.2, 0) is 9.53 Å². The summed E-state index contributed by atoms with van der Waals surface area (Å²) in [5.74, 6) is 0.0999. The van der Waals surface area contributed by atoms with Crippen LogP contribution in [0.25, 0.3) is 0 Å². The number of hydrogen-bond acceptors (Lipinski definition) is 4. The van der Waals surface area contributed by atoms with Crippen molar-refractivity contribution in [3.05, 3.63) is 35.9 Å². The van der Waals surface area contributed by atoms with E-state index < -0.39 is 5.60 Å². The van der Waals surface area contributed by atoms with E-state index in [0.717, 1.165) is 0 Å². The van der Waals surface area contributed by atoms with E-state index in [0.29, 0.717) is 51.0 Å². The van der Waals surface area contributed by atoms with Crippen LogP contribution in [0.3, 0.4) is 0 Å². The second-order valence-corrected chi connectivity index (χ2v) is 7.49. The molecular formula is C20H28N2O4. The number of Topliss-reactive ketones (excluding diaryl/α,β-unsaturated/α-hetero) is 1. The van der Waals surface area contributed by atoms with Gasteiger partial charge in [-0.1, -0.05) is 30.3 Å². The molecule has 0 aliphatic carbocycles. The van der Waals surface area contributed by atoms with E-state index in [1.54, 1.807) is 21.9 Å². The predicted molar refractivity (Wildman–Crippen MR) is 99.0 cm³/mol. The van der Waals surface area contributed by atoms with Crippen molar-refractivity contribution in [2.24, 2.45) is 0 Å². The van der Waals surface area contributed by atoms with Crippen LogP contribution in [0, 0.1) is 0 Å². The van der Waals surface area contributed by atoms with Gasteiger partial charge in [0.2, 0.25) is 5.91 Å². The fraction of sp³-hybridized carbons (Fsp3) is 0.550. The number of benzene rings is 1. The molecule has 1 fully saturated rings. The quantitative estimate of drug-likeness (QED) is 0.757. The first kappa shape index (κ1) is 19.9. The number of nitrogens with zero attached hydrogens (tertiary/aromatic N) is 2. The predicted octanol–water partition coefficient (Wildman–Crippen LogP) is 3.12. The first-order valence-corrected chi connectivity index (χ1v) is 9.10. The topological polar surface area (TPSA) is 66.9 Å². The Morgan fingerprint density at radius 1 is 0.923 bits per heavy atom. The van der Waals surface area contributed by atoms with Crippen LogP contribution in [0.15, 0.2) is 30.3 Å². The minimum atomic E-state index is -0.519. The highest BCUT2D eigenvalue weighted by Crippen LogP contribution is 2.13. The van der Waals surface area contributed by atoms with Crippen molar-refractivity contribution < 1.29 is 19.1 Å². The lowest BCUT2D eigenvalue weighted by Crippen LogP contribution is -2.51. The number of carbonyl (C=O) groups excluding carboxylic acids is 3. The number of ketones is 1. The van der Waals surface area contributed by atoms with Gasteiger partial charge in [-0.25, -0.2) is 4.79 Å². The average molecular weight is 360 g/mol. The third kappa shape index (κ3) is 6.17. The van der Waals surface area contributed by atoms with E-state index in [9.17, 15) is 14.4 Å². The van der Waals surface area contributed by atoms with Crippen molar-refractivity contribution in [1.29, 1.82) is 0 Å². The lowest BCUT2D eigenvalue weighted by atomic mass is 10.1. The molecule has 1 heterocycles. The molecule has 6 nitrogen and oxygen atoms in total. The Kier molecular flexibility index (Phi) is 6.77. The van der Waals surface area contributed by atoms with E-state index in [1.807, 2.05) is 39.0 Å². The van der Waals surface area contributed by atoms with Crippen molar-refractivity contribution in [3.63, 3.8) is 0 Å². The van der Waals surface area contributed by atoms with Gasteiger partial charge in [-0.15, -0.1) is 0 Å². The van der Waals surface area contributed by atoms with Crippen molar-refractivity contribution in [3.8, 4) is 0 Å². The second kappa shape index (κ2) is 8.83. The molecule has 0 bridgehead atoms. The summed E-state index contributed by atoms with van der Waals surface area (Å²) in [5, 5.41) is 0. The first-order chi connectivity index (χ1) is 12.3. The molecule has 0 aromatic heterocycles. The van der Waals surface area contributed by atoms with Crippen LogP contribution in [0.1, 0.15) is 50.4 Å². The number of rotatable bonds is 5. The standard InChI is InChI=1S/C20H28N2O4/c1-20(2,3)26-19(25)22-14-12-21(13-15-22)18(24)11-7-10-17(23)16-8-5-4-6-9-16/h4-6,8-9H,7,10-15H2,1-3H3. The molecular weight excluding hydrogens is 332 g/mol. The van der Waals surface area contributed by atoms with Gasteiger partial charge < -0.3 is 14.5 Å². The van der Waals surface area contributed by atoms with Gasteiger partial charge >= 0.3 is 6.09 Å². The molecule has 0 spiro atoms. The van der Waals surface area contributed by atoms with Gasteiger partial charge in [0.1, 0.15) is 5.60 Å². The molecule has 6 heteroatoms. The lowest BCUT2D eigenvalue weighted by molar-refractivity contribution is -0.133. The van der Waals surface area contributed by atoms with Crippen molar-refractivity contribution in [1.82, 2.24) is 9.80 Å². The van der Waals surface area contributed by atoms with Crippen molar-refractivity contribution in [2.75, 3.05) is 26.2 Å². The van der Waals surface area contributed by atoms with E-state index >= 15 is 0 Å². The molecule has 1 saturated heterocycles. The summed E-state index contributed by atoms with van der Waals surface area (Å²) in [6.07, 6.45) is 0.926. The normalized spacial score (nSPS) is 14.9. The Morgan fingerprint density at radius 3 is 2.08 bits per heavy atom. The molecule has 0 saturated carbocycles. The maximum absolute atomic E-state index is 12.3. The van der Waals surface area contributed by atoms with Crippen molar-refractivity contribution in [2.45, 2.75) is 45.6 Å². The summed E-state index contributed by atoms with van der Waals surface area (Å²) >= 11 is 0. The molecule has 0 N–H and O–H groups in total. The second-order valence-electron chi connectivity index (χ2n) is 7.49. The minimum Gasteiger partial charge on any atom is -0.444 e. The molecule has 142 valence electrons. The average Bonchev–Trinajstić information content (AvgIpc) is 2.61. The molecule has 0 atom stereocenters. The molecule has 1 aromatic rings. The minimum absolute atomic E-state index is 0.0368. The number of carbonyl (C=O) groups is 3. The van der Waals surface area contributed by atoms with E-state index in [4.69, 9.17) is 4.74 Å². The summed E-state index contributed by atoms with van der Waals surface area (Å²) in [5.41, 5.74) is 0.168. The van der Waals surface area contributed by atoms with Gasteiger partial charge in [-0.2, -0.15) is 0 Å². The monoisotopic (exact) mass is 360 g/mol. The van der Waals surface area contributed by atoms with Crippen molar-refractivity contribution >= 4 is 17.8 Å². The highest BCUT2D eigenvalue weighted by molar-refractivity contribution is 5.96. The van der Waals surface area contributed by atoms with Gasteiger partial charge in [0.05, 0.1) is 0 Å². The summed E-state index contributed by atoms with van der Waals surface area (Å²) in [4.78, 5) is 39.8. The molecule has 2 amide bonds. The summed E-state index contributed by atoms with van der Waals surface area (Å²) < 4.78 is 5.35. The number of amides is 2. The zero-order chi connectivity index (χ0) is 19.2. The Balaban J connectivity index is 1.70. The molecule has 2 rings (SSSR count). The molecule has 0 unspecified atom stereocenters. The highest BCUT2D eigenvalue weighted by Gasteiger charge is 2.27. The Labute approximate surface area is 155 Å². The fourth-order valence-corrected chi connectivity index (χ4v) is 2.79. The van der Waals surface area contributed by atoms with Gasteiger partial charge in [0, 0.05) is 44.6 Å². The van der Waals surface area contributed by atoms with E-state index in [2.05, 4.69) is 0 Å². The largest absolute Gasteiger partial charge is 0.444 e. The maximum atomic E-state index is 12.3. The smallest absolute Gasteiger partial charge is 0.410 e. The van der Waals surface area contributed by atoms with Gasteiger partial charge in [0.25, 0.3) is 0 Å². The number of piperazine rings is 1. The molecule has 26 heavy (non-hydrogen) atoms. The maximum Gasteiger partial charge on any atom is 0.410 e. The highest BCUT2D eigenvalue weighted by atomic mass is 16.6. The van der Waals surface area contributed by atoms with Crippen LogP contribution in [-0.4, -0.2) is 59.4 Å². The first-order valence-electron chi connectivity index (χ1n) is 9.10. The lowest BCUT2D eigenvalue weighted by Gasteiger charge is -2.35. The van der Waals surface area contributed by atoms with E-state index in [1.165, 1.54) is 0 Å². The number of hydrogen-bond donors (Lipinski definition) is 0. The molecule has 1 aliphatic rings. The third-order valence-corrected chi connectivity index (χ3v) is 4.17. The Morgan fingerprint density at radius 2 is 1.50 bits per heavy atom. The fourth-order valence-electron chi connectivity index (χ4n) is 2.79.